The molecule has 1 aromatic heterocycles. The normalized spacial score (nSPS) is 10.3. The van der Waals surface area contributed by atoms with Crippen molar-refractivity contribution in [1.82, 2.24) is 5.32 Å². The fraction of sp³-hybridized carbons (Fsp3) is 0.400. The Kier molecular flexibility index (Phi) is 8.53. The molecule has 152 valence electrons. The maximum atomic E-state index is 12.7. The molecule has 0 bridgehead atoms. The number of unbranched alkanes of at least 4 members (excludes halogenated alkanes) is 1. The standard InChI is InChI=1S/C20H26N2O4S2/c1-5-7-10-21-20(27)22-18-17(19(23)26-6-2)14(12-28-18)13-8-9-15(24-3)16(11-13)25-4/h8-9,11-12H,5-7,10H2,1-4H3,(H2,21,22,27). The summed E-state index contributed by atoms with van der Waals surface area (Å²) in [5.41, 5.74) is 2.04. The number of benzene rings is 1. The van der Waals surface area contributed by atoms with Crippen molar-refractivity contribution in [3.05, 3.63) is 29.1 Å². The van der Waals surface area contributed by atoms with Gasteiger partial charge in [-0.25, -0.2) is 4.79 Å². The molecule has 6 nitrogen and oxygen atoms in total. The van der Waals surface area contributed by atoms with E-state index in [1.165, 1.54) is 11.3 Å². The molecule has 0 aliphatic heterocycles. The van der Waals surface area contributed by atoms with Crippen LogP contribution in [0.25, 0.3) is 11.1 Å². The molecule has 2 N–H and O–H groups in total. The number of anilines is 1. The Morgan fingerprint density at radius 1 is 1.18 bits per heavy atom. The highest BCUT2D eigenvalue weighted by molar-refractivity contribution is 7.80. The van der Waals surface area contributed by atoms with Gasteiger partial charge in [-0.15, -0.1) is 11.3 Å². The van der Waals surface area contributed by atoms with Crippen molar-refractivity contribution in [2.24, 2.45) is 0 Å². The third kappa shape index (κ3) is 5.36. The van der Waals surface area contributed by atoms with Gasteiger partial charge < -0.3 is 24.8 Å². The predicted octanol–water partition coefficient (Wildman–Crippen LogP) is 4.70. The average molecular weight is 423 g/mol. The summed E-state index contributed by atoms with van der Waals surface area (Å²) in [7, 11) is 3.16. The van der Waals surface area contributed by atoms with E-state index < -0.39 is 5.97 Å². The van der Waals surface area contributed by atoms with Crippen molar-refractivity contribution < 1.29 is 19.0 Å². The molecule has 0 aliphatic carbocycles. The van der Waals surface area contributed by atoms with Gasteiger partial charge in [0.15, 0.2) is 16.6 Å². The number of carbonyl (C=O) groups is 1. The molecule has 0 radical (unpaired) electrons. The Morgan fingerprint density at radius 3 is 2.57 bits per heavy atom. The maximum absolute atomic E-state index is 12.7. The molecular formula is C20H26N2O4S2. The van der Waals surface area contributed by atoms with Crippen LogP contribution in [0.15, 0.2) is 23.6 Å². The first-order valence-electron chi connectivity index (χ1n) is 9.11. The Bertz CT molecular complexity index is 821. The van der Waals surface area contributed by atoms with Crippen LogP contribution in [0.3, 0.4) is 0 Å². The molecule has 0 saturated carbocycles. The largest absolute Gasteiger partial charge is 0.493 e. The highest BCUT2D eigenvalue weighted by Gasteiger charge is 2.23. The lowest BCUT2D eigenvalue weighted by Crippen LogP contribution is -2.29. The van der Waals surface area contributed by atoms with Crippen molar-refractivity contribution >= 4 is 39.6 Å². The van der Waals surface area contributed by atoms with Crippen molar-refractivity contribution in [2.45, 2.75) is 26.7 Å². The van der Waals surface area contributed by atoms with E-state index in [9.17, 15) is 4.79 Å². The van der Waals surface area contributed by atoms with E-state index in [0.717, 1.165) is 30.5 Å². The quantitative estimate of drug-likeness (QED) is 0.345. The van der Waals surface area contributed by atoms with Gasteiger partial charge in [-0.1, -0.05) is 19.4 Å². The van der Waals surface area contributed by atoms with E-state index >= 15 is 0 Å². The van der Waals surface area contributed by atoms with Gasteiger partial charge in [-0.05, 0) is 43.3 Å². The Labute approximate surface area is 175 Å². The zero-order valence-corrected chi connectivity index (χ0v) is 18.2. The van der Waals surface area contributed by atoms with Gasteiger partial charge >= 0.3 is 5.97 Å². The van der Waals surface area contributed by atoms with Gasteiger partial charge in [0, 0.05) is 17.5 Å². The first-order valence-corrected chi connectivity index (χ1v) is 10.4. The lowest BCUT2D eigenvalue weighted by Gasteiger charge is -2.12. The molecule has 0 spiro atoms. The lowest BCUT2D eigenvalue weighted by molar-refractivity contribution is 0.0529. The molecule has 8 heteroatoms. The van der Waals surface area contributed by atoms with E-state index in [1.807, 2.05) is 23.6 Å². The molecule has 0 amide bonds. The van der Waals surface area contributed by atoms with Crippen molar-refractivity contribution in [1.29, 1.82) is 0 Å². The first kappa shape index (κ1) is 22.0. The van der Waals surface area contributed by atoms with Gasteiger partial charge in [0.2, 0.25) is 0 Å². The summed E-state index contributed by atoms with van der Waals surface area (Å²) >= 11 is 6.76. The molecule has 0 unspecified atom stereocenters. The molecule has 1 aromatic carbocycles. The number of hydrogen-bond donors (Lipinski definition) is 2. The van der Waals surface area contributed by atoms with Crippen molar-refractivity contribution in [3.8, 4) is 22.6 Å². The minimum atomic E-state index is -0.396. The van der Waals surface area contributed by atoms with Gasteiger partial charge in [0.05, 0.1) is 20.8 Å². The fourth-order valence-corrected chi connectivity index (χ4v) is 3.83. The summed E-state index contributed by atoms with van der Waals surface area (Å²) in [4.78, 5) is 12.7. The third-order valence-corrected chi connectivity index (χ3v) is 5.15. The van der Waals surface area contributed by atoms with E-state index in [0.29, 0.717) is 33.8 Å². The molecule has 0 atom stereocenters. The number of hydrogen-bond acceptors (Lipinski definition) is 6. The highest BCUT2D eigenvalue weighted by atomic mass is 32.1. The van der Waals surface area contributed by atoms with Gasteiger partial charge in [0.1, 0.15) is 10.6 Å². The summed E-state index contributed by atoms with van der Waals surface area (Å²) in [6.07, 6.45) is 2.10. The minimum Gasteiger partial charge on any atom is -0.493 e. The number of esters is 1. The molecule has 2 rings (SSSR count). The third-order valence-electron chi connectivity index (χ3n) is 4.01. The number of rotatable bonds is 9. The zero-order valence-electron chi connectivity index (χ0n) is 16.6. The number of thiophene rings is 1. The topological polar surface area (TPSA) is 68.8 Å². The van der Waals surface area contributed by atoms with Crippen LogP contribution in [0.5, 0.6) is 11.5 Å². The summed E-state index contributed by atoms with van der Waals surface area (Å²) < 4.78 is 16.0. The van der Waals surface area contributed by atoms with Crippen LogP contribution in [0.1, 0.15) is 37.0 Å². The summed E-state index contributed by atoms with van der Waals surface area (Å²) in [5, 5.41) is 9.33. The van der Waals surface area contributed by atoms with Gasteiger partial charge in [-0.2, -0.15) is 0 Å². The second-order valence-corrected chi connectivity index (χ2v) is 7.17. The van der Waals surface area contributed by atoms with Crippen molar-refractivity contribution in [3.63, 3.8) is 0 Å². The summed E-state index contributed by atoms with van der Waals surface area (Å²) in [6, 6.07) is 5.53. The number of methoxy groups -OCH3 is 2. The molecule has 28 heavy (non-hydrogen) atoms. The number of thiocarbonyl (C=S) groups is 1. The van der Waals surface area contributed by atoms with Crippen LogP contribution in [-0.2, 0) is 4.74 Å². The Morgan fingerprint density at radius 2 is 1.93 bits per heavy atom. The van der Waals surface area contributed by atoms with Crippen LogP contribution in [0.4, 0.5) is 5.00 Å². The number of carbonyl (C=O) groups excluding carboxylic acids is 1. The molecular weight excluding hydrogens is 396 g/mol. The first-order chi connectivity index (χ1) is 13.5. The average Bonchev–Trinajstić information content (AvgIpc) is 3.11. The van der Waals surface area contributed by atoms with E-state index in [4.69, 9.17) is 26.4 Å². The number of nitrogens with one attached hydrogen (secondary N) is 2. The second kappa shape index (κ2) is 10.9. The molecule has 0 fully saturated rings. The van der Waals surface area contributed by atoms with Crippen LogP contribution < -0.4 is 20.1 Å². The minimum absolute atomic E-state index is 0.290. The van der Waals surface area contributed by atoms with E-state index in [-0.39, 0.29) is 0 Å². The predicted molar refractivity (Wildman–Crippen MR) is 118 cm³/mol. The van der Waals surface area contributed by atoms with Crippen LogP contribution >= 0.6 is 23.6 Å². The van der Waals surface area contributed by atoms with Gasteiger partial charge in [-0.3, -0.25) is 0 Å². The smallest absolute Gasteiger partial charge is 0.341 e. The molecule has 0 saturated heterocycles. The molecule has 2 aromatic rings. The lowest BCUT2D eigenvalue weighted by atomic mass is 10.0. The zero-order chi connectivity index (χ0) is 20.5. The van der Waals surface area contributed by atoms with Crippen LogP contribution in [-0.4, -0.2) is 38.5 Å². The van der Waals surface area contributed by atoms with Crippen LogP contribution in [0.2, 0.25) is 0 Å². The van der Waals surface area contributed by atoms with Crippen LogP contribution in [0, 0.1) is 0 Å². The van der Waals surface area contributed by atoms with E-state index in [1.54, 1.807) is 21.1 Å². The Hall–Kier alpha value is -2.32. The van der Waals surface area contributed by atoms with E-state index in [2.05, 4.69) is 17.6 Å². The monoisotopic (exact) mass is 422 g/mol. The van der Waals surface area contributed by atoms with Gasteiger partial charge in [0.25, 0.3) is 0 Å². The maximum Gasteiger partial charge on any atom is 0.341 e. The number of ether oxygens (including phenoxy) is 3. The summed E-state index contributed by atoms with van der Waals surface area (Å²) in [6.45, 7) is 4.97. The summed E-state index contributed by atoms with van der Waals surface area (Å²) in [5.74, 6) is 0.818. The fourth-order valence-electron chi connectivity index (χ4n) is 2.60. The Balaban J connectivity index is 2.38. The molecule has 0 aliphatic rings. The second-order valence-electron chi connectivity index (χ2n) is 5.88. The SMILES string of the molecule is CCCCNC(=S)Nc1scc(-c2ccc(OC)c(OC)c2)c1C(=O)OCC. The molecule has 1 heterocycles. The van der Waals surface area contributed by atoms with Crippen molar-refractivity contribution in [2.75, 3.05) is 32.7 Å². The highest BCUT2D eigenvalue weighted by Crippen LogP contribution is 2.39.